The van der Waals surface area contributed by atoms with Crippen LogP contribution in [0.4, 0.5) is 5.69 Å². The lowest BCUT2D eigenvalue weighted by molar-refractivity contribution is 0.639. The van der Waals surface area contributed by atoms with Crippen LogP contribution in [0.2, 0.25) is 0 Å². The van der Waals surface area contributed by atoms with E-state index in [9.17, 15) is 0 Å². The predicted octanol–water partition coefficient (Wildman–Crippen LogP) is 2.30. The number of rotatable bonds is 4. The Morgan fingerprint density at radius 1 is 1.56 bits per heavy atom. The number of nitrogens with one attached hydrogen (secondary N) is 2. The molecule has 0 amide bonds. The summed E-state index contributed by atoms with van der Waals surface area (Å²) in [5.41, 5.74) is 2.08. The first-order valence-corrected chi connectivity index (χ1v) is 6.09. The lowest BCUT2D eigenvalue weighted by Gasteiger charge is -2.14. The molecule has 0 aliphatic carbocycles. The highest BCUT2D eigenvalue weighted by atomic mass is 32.1. The lowest BCUT2D eigenvalue weighted by Crippen LogP contribution is -2.35. The monoisotopic (exact) mass is 240 g/mol. The van der Waals surface area contributed by atoms with Crippen molar-refractivity contribution in [3.05, 3.63) is 11.9 Å². The van der Waals surface area contributed by atoms with Gasteiger partial charge in [-0.15, -0.1) is 0 Å². The molecule has 0 aliphatic heterocycles. The van der Waals surface area contributed by atoms with Gasteiger partial charge in [0, 0.05) is 12.6 Å². The molecule has 0 bridgehead atoms. The fourth-order valence-corrected chi connectivity index (χ4v) is 1.68. The van der Waals surface area contributed by atoms with Gasteiger partial charge in [-0.1, -0.05) is 6.92 Å². The van der Waals surface area contributed by atoms with Crippen molar-refractivity contribution in [1.82, 2.24) is 15.1 Å². The molecule has 1 rings (SSSR count). The highest BCUT2D eigenvalue weighted by Crippen LogP contribution is 2.13. The molecular weight excluding hydrogens is 220 g/mol. The zero-order valence-electron chi connectivity index (χ0n) is 10.4. The molecule has 1 unspecified atom stereocenters. The van der Waals surface area contributed by atoms with Crippen molar-refractivity contribution in [3.63, 3.8) is 0 Å². The van der Waals surface area contributed by atoms with E-state index in [0.29, 0.717) is 11.2 Å². The highest BCUT2D eigenvalue weighted by Gasteiger charge is 2.07. The molecule has 0 radical (unpaired) electrons. The number of nitrogens with zero attached hydrogens (tertiary/aromatic N) is 2. The summed E-state index contributed by atoms with van der Waals surface area (Å²) in [5, 5.41) is 11.3. The van der Waals surface area contributed by atoms with Crippen molar-refractivity contribution in [3.8, 4) is 0 Å². The lowest BCUT2D eigenvalue weighted by atomic mass is 10.3. The van der Waals surface area contributed by atoms with Gasteiger partial charge in [-0.05, 0) is 39.4 Å². The van der Waals surface area contributed by atoms with Crippen LogP contribution in [0.15, 0.2) is 6.20 Å². The molecule has 16 heavy (non-hydrogen) atoms. The summed E-state index contributed by atoms with van der Waals surface area (Å²) in [6.07, 6.45) is 2.86. The van der Waals surface area contributed by atoms with E-state index in [4.69, 9.17) is 12.2 Å². The zero-order chi connectivity index (χ0) is 12.1. The Labute approximate surface area is 102 Å². The maximum Gasteiger partial charge on any atom is 0.171 e. The van der Waals surface area contributed by atoms with Gasteiger partial charge >= 0.3 is 0 Å². The molecule has 1 aromatic rings. The predicted molar refractivity (Wildman–Crippen MR) is 71.7 cm³/mol. The van der Waals surface area contributed by atoms with Gasteiger partial charge in [0.2, 0.25) is 0 Å². The molecule has 0 aliphatic rings. The highest BCUT2D eigenvalue weighted by molar-refractivity contribution is 7.80. The van der Waals surface area contributed by atoms with E-state index in [1.807, 2.05) is 17.8 Å². The SMILES string of the molecule is CCC(C)NC(=S)Nc1cnn(CC)c1C. The van der Waals surface area contributed by atoms with Crippen molar-refractivity contribution in [2.75, 3.05) is 5.32 Å². The van der Waals surface area contributed by atoms with Crippen molar-refractivity contribution in [1.29, 1.82) is 0 Å². The van der Waals surface area contributed by atoms with E-state index in [1.54, 1.807) is 0 Å². The quantitative estimate of drug-likeness (QED) is 0.792. The molecule has 1 heterocycles. The van der Waals surface area contributed by atoms with Crippen LogP contribution in [0, 0.1) is 6.92 Å². The molecule has 0 aromatic carbocycles. The third-order valence-electron chi connectivity index (χ3n) is 2.64. The van der Waals surface area contributed by atoms with E-state index in [-0.39, 0.29) is 0 Å². The molecule has 0 saturated carbocycles. The second-order valence-corrected chi connectivity index (χ2v) is 4.28. The minimum absolute atomic E-state index is 0.390. The molecule has 4 nitrogen and oxygen atoms in total. The average Bonchev–Trinajstić information content (AvgIpc) is 2.59. The van der Waals surface area contributed by atoms with Crippen LogP contribution in [-0.4, -0.2) is 20.9 Å². The first-order chi connectivity index (χ1) is 7.58. The molecule has 1 atom stereocenters. The van der Waals surface area contributed by atoms with Gasteiger partial charge in [-0.25, -0.2) is 0 Å². The summed E-state index contributed by atoms with van der Waals surface area (Å²) in [5.74, 6) is 0. The topological polar surface area (TPSA) is 41.9 Å². The second kappa shape index (κ2) is 5.84. The molecule has 5 heteroatoms. The summed E-state index contributed by atoms with van der Waals surface area (Å²) < 4.78 is 1.94. The third kappa shape index (κ3) is 3.20. The van der Waals surface area contributed by atoms with Crippen LogP contribution in [0.3, 0.4) is 0 Å². The third-order valence-corrected chi connectivity index (χ3v) is 2.86. The van der Waals surface area contributed by atoms with E-state index in [0.717, 1.165) is 24.3 Å². The van der Waals surface area contributed by atoms with Gasteiger partial charge in [0.05, 0.1) is 17.6 Å². The maximum atomic E-state index is 5.22. The standard InChI is InChI=1S/C11H20N4S/c1-5-8(3)13-11(16)14-10-7-12-15(6-2)9(10)4/h7-8H,5-6H2,1-4H3,(H2,13,14,16). The zero-order valence-corrected chi connectivity index (χ0v) is 11.2. The van der Waals surface area contributed by atoms with Gasteiger partial charge in [0.1, 0.15) is 0 Å². The van der Waals surface area contributed by atoms with Crippen LogP contribution < -0.4 is 10.6 Å². The van der Waals surface area contributed by atoms with Gasteiger partial charge < -0.3 is 10.6 Å². The number of hydrogen-bond acceptors (Lipinski definition) is 2. The van der Waals surface area contributed by atoms with Gasteiger partial charge in [-0.3, -0.25) is 4.68 Å². The summed E-state index contributed by atoms with van der Waals surface area (Å²) in [4.78, 5) is 0. The molecule has 0 saturated heterocycles. The molecular formula is C11H20N4S. The van der Waals surface area contributed by atoms with Crippen LogP contribution >= 0.6 is 12.2 Å². The number of anilines is 1. The fraction of sp³-hybridized carbons (Fsp3) is 0.636. The largest absolute Gasteiger partial charge is 0.360 e. The summed E-state index contributed by atoms with van der Waals surface area (Å²) in [7, 11) is 0. The number of thiocarbonyl (C=S) groups is 1. The number of aromatic nitrogens is 2. The Morgan fingerprint density at radius 2 is 2.25 bits per heavy atom. The molecule has 0 fully saturated rings. The number of hydrogen-bond donors (Lipinski definition) is 2. The van der Waals surface area contributed by atoms with Gasteiger partial charge in [0.25, 0.3) is 0 Å². The van der Waals surface area contributed by atoms with Crippen LogP contribution in [0.1, 0.15) is 32.9 Å². The van der Waals surface area contributed by atoms with Crippen molar-refractivity contribution >= 4 is 23.0 Å². The van der Waals surface area contributed by atoms with E-state index in [1.165, 1.54) is 0 Å². The minimum Gasteiger partial charge on any atom is -0.360 e. The van der Waals surface area contributed by atoms with Crippen LogP contribution in [0.25, 0.3) is 0 Å². The molecule has 1 aromatic heterocycles. The average molecular weight is 240 g/mol. The second-order valence-electron chi connectivity index (χ2n) is 3.87. The molecule has 2 N–H and O–H groups in total. The molecule has 90 valence electrons. The summed E-state index contributed by atoms with van der Waals surface area (Å²) >= 11 is 5.22. The Balaban J connectivity index is 2.59. The number of aryl methyl sites for hydroxylation is 1. The van der Waals surface area contributed by atoms with E-state index in [2.05, 4.69) is 36.5 Å². The van der Waals surface area contributed by atoms with Gasteiger partial charge in [-0.2, -0.15) is 5.10 Å². The van der Waals surface area contributed by atoms with Crippen LogP contribution in [0.5, 0.6) is 0 Å². The van der Waals surface area contributed by atoms with Crippen LogP contribution in [-0.2, 0) is 6.54 Å². The summed E-state index contributed by atoms with van der Waals surface area (Å²) in [6, 6.07) is 0.390. The summed E-state index contributed by atoms with van der Waals surface area (Å²) in [6.45, 7) is 9.21. The fourth-order valence-electron chi connectivity index (χ4n) is 1.37. The van der Waals surface area contributed by atoms with E-state index >= 15 is 0 Å². The minimum atomic E-state index is 0.390. The van der Waals surface area contributed by atoms with Gasteiger partial charge in [0.15, 0.2) is 5.11 Å². The molecule has 0 spiro atoms. The van der Waals surface area contributed by atoms with E-state index < -0.39 is 0 Å². The maximum absolute atomic E-state index is 5.22. The Kier molecular flexibility index (Phi) is 4.73. The first-order valence-electron chi connectivity index (χ1n) is 5.68. The Bertz CT molecular complexity index is 359. The Hall–Kier alpha value is -1.10. The van der Waals surface area contributed by atoms with Crippen molar-refractivity contribution in [2.24, 2.45) is 0 Å². The van der Waals surface area contributed by atoms with Crippen molar-refractivity contribution in [2.45, 2.75) is 46.7 Å². The normalized spacial score (nSPS) is 12.2. The van der Waals surface area contributed by atoms with Crippen molar-refractivity contribution < 1.29 is 0 Å². The Morgan fingerprint density at radius 3 is 2.75 bits per heavy atom. The first kappa shape index (κ1) is 13.0. The smallest absolute Gasteiger partial charge is 0.171 e.